The number of aliphatic hydroxyl groups is 1. The number of hydrogen-bond acceptors (Lipinski definition) is 2. The Hall–Kier alpha value is -1.51. The molecule has 0 spiro atoms. The molecule has 20 heavy (non-hydrogen) atoms. The van der Waals surface area contributed by atoms with E-state index in [-0.39, 0.29) is 0 Å². The topological polar surface area (TPSA) is 29.5 Å². The summed E-state index contributed by atoms with van der Waals surface area (Å²) >= 11 is 6.11. The fraction of sp³-hybridized carbons (Fsp3) is 0.294. The maximum Gasteiger partial charge on any atom is 0.125 e. The van der Waals surface area contributed by atoms with Crippen LogP contribution in [0, 0.1) is 20.8 Å². The van der Waals surface area contributed by atoms with Crippen LogP contribution in [0.15, 0.2) is 30.3 Å². The number of rotatable bonds is 3. The van der Waals surface area contributed by atoms with Gasteiger partial charge in [0, 0.05) is 10.6 Å². The molecule has 1 N–H and O–H groups in total. The Kier molecular flexibility index (Phi) is 4.36. The van der Waals surface area contributed by atoms with Gasteiger partial charge in [-0.15, -0.1) is 0 Å². The zero-order chi connectivity index (χ0) is 14.9. The van der Waals surface area contributed by atoms with Crippen molar-refractivity contribution in [1.29, 1.82) is 0 Å². The average molecular weight is 291 g/mol. The monoisotopic (exact) mass is 290 g/mol. The maximum atomic E-state index is 10.7. The predicted octanol–water partition coefficient (Wildman–Crippen LogP) is 4.36. The number of ether oxygens (including phenoxy) is 1. The summed E-state index contributed by atoms with van der Waals surface area (Å²) in [4.78, 5) is 0. The van der Waals surface area contributed by atoms with E-state index in [4.69, 9.17) is 16.3 Å². The lowest BCUT2D eigenvalue weighted by molar-refractivity contribution is 0.214. The van der Waals surface area contributed by atoms with Crippen molar-refractivity contribution in [3.05, 3.63) is 63.2 Å². The molecule has 0 amide bonds. The van der Waals surface area contributed by atoms with Crippen LogP contribution in [-0.4, -0.2) is 12.2 Å². The summed E-state index contributed by atoms with van der Waals surface area (Å²) in [7, 11) is 1.61. The largest absolute Gasteiger partial charge is 0.496 e. The normalized spacial score (nSPS) is 12.3. The second-order valence-electron chi connectivity index (χ2n) is 5.11. The van der Waals surface area contributed by atoms with Crippen LogP contribution >= 0.6 is 11.6 Å². The van der Waals surface area contributed by atoms with Crippen molar-refractivity contribution >= 4 is 11.6 Å². The molecule has 0 saturated heterocycles. The van der Waals surface area contributed by atoms with Crippen LogP contribution in [0.1, 0.15) is 33.9 Å². The Labute approximate surface area is 125 Å². The predicted molar refractivity (Wildman–Crippen MR) is 82.7 cm³/mol. The highest BCUT2D eigenvalue weighted by Crippen LogP contribution is 2.34. The summed E-state index contributed by atoms with van der Waals surface area (Å²) in [5, 5.41) is 11.4. The van der Waals surface area contributed by atoms with E-state index < -0.39 is 6.10 Å². The highest BCUT2D eigenvalue weighted by molar-refractivity contribution is 6.31. The first kappa shape index (κ1) is 14.9. The van der Waals surface area contributed by atoms with Crippen molar-refractivity contribution in [2.45, 2.75) is 26.9 Å². The van der Waals surface area contributed by atoms with Crippen molar-refractivity contribution < 1.29 is 9.84 Å². The van der Waals surface area contributed by atoms with Gasteiger partial charge in [-0.3, -0.25) is 0 Å². The Morgan fingerprint density at radius 3 is 2.35 bits per heavy atom. The van der Waals surface area contributed by atoms with Gasteiger partial charge in [0.05, 0.1) is 7.11 Å². The van der Waals surface area contributed by atoms with E-state index in [1.807, 2.05) is 51.1 Å². The van der Waals surface area contributed by atoms with Crippen LogP contribution < -0.4 is 4.74 Å². The zero-order valence-corrected chi connectivity index (χ0v) is 13.0. The molecule has 0 aliphatic heterocycles. The standard InChI is InChI=1S/C17H19ClO2/c1-10-5-6-16(20-4)14(7-10)17(19)13-8-12(3)15(18)9-11(13)2/h5-9,17,19H,1-4H3. The summed E-state index contributed by atoms with van der Waals surface area (Å²) < 4.78 is 5.35. The molecule has 0 heterocycles. The fourth-order valence-corrected chi connectivity index (χ4v) is 2.55. The third-order valence-corrected chi connectivity index (χ3v) is 3.93. The second-order valence-corrected chi connectivity index (χ2v) is 5.51. The van der Waals surface area contributed by atoms with Crippen LogP contribution in [0.25, 0.3) is 0 Å². The minimum absolute atomic E-state index is 0.690. The van der Waals surface area contributed by atoms with Crippen LogP contribution in [0.4, 0.5) is 0 Å². The number of aliphatic hydroxyl groups excluding tert-OH is 1. The number of benzene rings is 2. The number of halogens is 1. The third-order valence-electron chi connectivity index (χ3n) is 3.52. The van der Waals surface area contributed by atoms with E-state index in [1.165, 1.54) is 0 Å². The molecule has 1 atom stereocenters. The lowest BCUT2D eigenvalue weighted by Gasteiger charge is -2.19. The van der Waals surface area contributed by atoms with Crippen molar-refractivity contribution in [3.8, 4) is 5.75 Å². The Balaban J connectivity index is 2.54. The van der Waals surface area contributed by atoms with Gasteiger partial charge in [-0.05, 0) is 55.7 Å². The Morgan fingerprint density at radius 1 is 1.00 bits per heavy atom. The highest BCUT2D eigenvalue weighted by atomic mass is 35.5. The molecule has 2 nitrogen and oxygen atoms in total. The Bertz CT molecular complexity index is 635. The first-order chi connectivity index (χ1) is 9.43. The smallest absolute Gasteiger partial charge is 0.125 e. The van der Waals surface area contributed by atoms with E-state index in [0.717, 1.165) is 32.8 Å². The molecule has 0 aliphatic rings. The van der Waals surface area contributed by atoms with E-state index >= 15 is 0 Å². The highest BCUT2D eigenvalue weighted by Gasteiger charge is 2.18. The van der Waals surface area contributed by atoms with Crippen LogP contribution in [0.5, 0.6) is 5.75 Å². The molecule has 1 unspecified atom stereocenters. The molecule has 2 rings (SSSR count). The molecule has 0 fully saturated rings. The van der Waals surface area contributed by atoms with Gasteiger partial charge < -0.3 is 9.84 Å². The molecule has 0 aliphatic carbocycles. The van der Waals surface area contributed by atoms with Crippen LogP contribution in [0.2, 0.25) is 5.02 Å². The average Bonchev–Trinajstić information content (AvgIpc) is 2.42. The minimum Gasteiger partial charge on any atom is -0.496 e. The van der Waals surface area contributed by atoms with Gasteiger partial charge in [-0.2, -0.15) is 0 Å². The van der Waals surface area contributed by atoms with Crippen molar-refractivity contribution in [1.82, 2.24) is 0 Å². The van der Waals surface area contributed by atoms with Gasteiger partial charge in [0.1, 0.15) is 11.9 Å². The van der Waals surface area contributed by atoms with Crippen molar-refractivity contribution in [2.75, 3.05) is 7.11 Å². The molecule has 2 aromatic carbocycles. The molecule has 0 saturated carbocycles. The zero-order valence-electron chi connectivity index (χ0n) is 12.2. The van der Waals surface area contributed by atoms with Gasteiger partial charge in [-0.1, -0.05) is 29.3 Å². The minimum atomic E-state index is -0.721. The van der Waals surface area contributed by atoms with E-state index in [1.54, 1.807) is 7.11 Å². The van der Waals surface area contributed by atoms with E-state index in [0.29, 0.717) is 5.75 Å². The van der Waals surface area contributed by atoms with Gasteiger partial charge in [0.15, 0.2) is 0 Å². The van der Waals surface area contributed by atoms with Gasteiger partial charge >= 0.3 is 0 Å². The summed E-state index contributed by atoms with van der Waals surface area (Å²) in [6.07, 6.45) is -0.721. The Morgan fingerprint density at radius 2 is 1.70 bits per heavy atom. The van der Waals surface area contributed by atoms with Gasteiger partial charge in [-0.25, -0.2) is 0 Å². The van der Waals surface area contributed by atoms with E-state index in [2.05, 4.69) is 0 Å². The summed E-state index contributed by atoms with van der Waals surface area (Å²) in [6, 6.07) is 9.62. The number of methoxy groups -OCH3 is 1. The molecular weight excluding hydrogens is 272 g/mol. The lowest BCUT2D eigenvalue weighted by atomic mass is 9.94. The maximum absolute atomic E-state index is 10.7. The summed E-state index contributed by atoms with van der Waals surface area (Å²) in [5.74, 6) is 0.690. The molecule has 0 aromatic heterocycles. The van der Waals surface area contributed by atoms with Crippen LogP contribution in [0.3, 0.4) is 0 Å². The van der Waals surface area contributed by atoms with Gasteiger partial charge in [0.25, 0.3) is 0 Å². The van der Waals surface area contributed by atoms with Crippen molar-refractivity contribution in [2.24, 2.45) is 0 Å². The van der Waals surface area contributed by atoms with E-state index in [9.17, 15) is 5.11 Å². The summed E-state index contributed by atoms with van der Waals surface area (Å²) in [5.41, 5.74) is 4.64. The fourth-order valence-electron chi connectivity index (χ4n) is 2.33. The quantitative estimate of drug-likeness (QED) is 0.910. The van der Waals surface area contributed by atoms with Gasteiger partial charge in [0.2, 0.25) is 0 Å². The summed E-state index contributed by atoms with van der Waals surface area (Å²) in [6.45, 7) is 5.88. The molecule has 0 radical (unpaired) electrons. The number of hydrogen-bond donors (Lipinski definition) is 1. The molecule has 106 valence electrons. The first-order valence-corrected chi connectivity index (χ1v) is 6.91. The molecular formula is C17H19ClO2. The van der Waals surface area contributed by atoms with Crippen LogP contribution in [-0.2, 0) is 0 Å². The third kappa shape index (κ3) is 2.82. The molecule has 2 aromatic rings. The lowest BCUT2D eigenvalue weighted by Crippen LogP contribution is -2.05. The SMILES string of the molecule is COc1ccc(C)cc1C(O)c1cc(C)c(Cl)cc1C. The second kappa shape index (κ2) is 5.86. The number of aryl methyl sites for hydroxylation is 3. The molecule has 0 bridgehead atoms. The first-order valence-electron chi connectivity index (χ1n) is 6.53. The van der Waals surface area contributed by atoms with Crippen molar-refractivity contribution in [3.63, 3.8) is 0 Å². The molecule has 3 heteroatoms.